The van der Waals surface area contributed by atoms with Gasteiger partial charge in [-0.3, -0.25) is 10.1 Å². The van der Waals surface area contributed by atoms with Crippen molar-refractivity contribution in [3.05, 3.63) is 16.6 Å². The predicted octanol–water partition coefficient (Wildman–Crippen LogP) is 1.64. The zero-order valence-electron chi connectivity index (χ0n) is 9.90. The van der Waals surface area contributed by atoms with E-state index in [0.29, 0.717) is 13.0 Å². The van der Waals surface area contributed by atoms with Gasteiger partial charge in [0.1, 0.15) is 0 Å². The third-order valence-corrected chi connectivity index (χ3v) is 3.23. The maximum atomic E-state index is 12.8. The Kier molecular flexibility index (Phi) is 7.73. The molecule has 0 radical (unpaired) electrons. The second-order valence-corrected chi connectivity index (χ2v) is 4.73. The number of hydrogen-bond acceptors (Lipinski definition) is 4. The van der Waals surface area contributed by atoms with Gasteiger partial charge in [0.25, 0.3) is 5.92 Å². The molecule has 1 saturated heterocycles. The SMILES string of the molecule is Cl.Cl.O=C(NCCc1cscn1)C1CC(F)(F)CN1. The molecule has 0 aromatic carbocycles. The molecule has 1 atom stereocenters. The number of rotatable bonds is 4. The molecule has 0 saturated carbocycles. The van der Waals surface area contributed by atoms with Gasteiger partial charge < -0.3 is 5.32 Å². The third-order valence-electron chi connectivity index (χ3n) is 2.59. The molecule has 9 heteroatoms. The van der Waals surface area contributed by atoms with E-state index in [1.807, 2.05) is 5.38 Å². The predicted molar refractivity (Wildman–Crippen MR) is 74.7 cm³/mol. The van der Waals surface area contributed by atoms with E-state index >= 15 is 0 Å². The lowest BCUT2D eigenvalue weighted by molar-refractivity contribution is -0.123. The van der Waals surface area contributed by atoms with Gasteiger partial charge in [-0.1, -0.05) is 0 Å². The highest BCUT2D eigenvalue weighted by molar-refractivity contribution is 7.07. The van der Waals surface area contributed by atoms with Gasteiger partial charge in [-0.05, 0) is 0 Å². The Morgan fingerprint density at radius 2 is 2.32 bits per heavy atom. The largest absolute Gasteiger partial charge is 0.354 e. The first kappa shape index (κ1) is 18.5. The number of alkyl halides is 2. The van der Waals surface area contributed by atoms with Gasteiger partial charge in [0.2, 0.25) is 5.91 Å². The van der Waals surface area contributed by atoms with Gasteiger partial charge in [0.15, 0.2) is 0 Å². The fourth-order valence-corrected chi connectivity index (χ4v) is 2.29. The maximum Gasteiger partial charge on any atom is 0.262 e. The van der Waals surface area contributed by atoms with Gasteiger partial charge in [-0.2, -0.15) is 0 Å². The molecule has 2 N–H and O–H groups in total. The fraction of sp³-hybridized carbons (Fsp3) is 0.600. The van der Waals surface area contributed by atoms with Crippen LogP contribution in [0, 0.1) is 0 Å². The number of carbonyl (C=O) groups is 1. The highest BCUT2D eigenvalue weighted by Crippen LogP contribution is 2.24. The number of nitrogens with zero attached hydrogens (tertiary/aromatic N) is 1. The minimum atomic E-state index is -2.77. The highest BCUT2D eigenvalue weighted by atomic mass is 35.5. The summed E-state index contributed by atoms with van der Waals surface area (Å²) in [5, 5.41) is 7.04. The van der Waals surface area contributed by atoms with Crippen molar-refractivity contribution < 1.29 is 13.6 Å². The number of aromatic nitrogens is 1. The summed E-state index contributed by atoms with van der Waals surface area (Å²) in [4.78, 5) is 15.6. The van der Waals surface area contributed by atoms with Crippen LogP contribution in [-0.4, -0.2) is 35.9 Å². The van der Waals surface area contributed by atoms with E-state index in [9.17, 15) is 13.6 Å². The third kappa shape index (κ3) is 5.56. The van der Waals surface area contributed by atoms with Crippen LogP contribution < -0.4 is 10.6 Å². The van der Waals surface area contributed by atoms with Crippen molar-refractivity contribution in [1.29, 1.82) is 0 Å². The number of halogens is 4. The van der Waals surface area contributed by atoms with Crippen molar-refractivity contribution in [3.63, 3.8) is 0 Å². The normalized spacial score (nSPS) is 20.2. The monoisotopic (exact) mass is 333 g/mol. The molecule has 0 aliphatic carbocycles. The molecule has 1 aromatic rings. The Morgan fingerprint density at radius 1 is 1.58 bits per heavy atom. The minimum absolute atomic E-state index is 0. The lowest BCUT2D eigenvalue weighted by atomic mass is 10.2. The van der Waals surface area contributed by atoms with Crippen LogP contribution in [0.15, 0.2) is 10.9 Å². The van der Waals surface area contributed by atoms with Crippen molar-refractivity contribution in [1.82, 2.24) is 15.6 Å². The molecule has 1 aromatic heterocycles. The van der Waals surface area contributed by atoms with Crippen molar-refractivity contribution >= 4 is 42.1 Å². The van der Waals surface area contributed by atoms with E-state index in [-0.39, 0.29) is 30.7 Å². The Hall–Kier alpha value is -0.500. The summed E-state index contributed by atoms with van der Waals surface area (Å²) in [6, 6.07) is -0.777. The standard InChI is InChI=1S/C10H13F2N3OS.2ClH/c11-10(12)3-8(14-5-10)9(16)13-2-1-7-4-17-6-15-7;;/h4,6,8,14H,1-3,5H2,(H,13,16);2*1H. The van der Waals surface area contributed by atoms with Crippen LogP contribution in [0.2, 0.25) is 0 Å². The number of thiazole rings is 1. The van der Waals surface area contributed by atoms with Gasteiger partial charge in [-0.25, -0.2) is 13.8 Å². The van der Waals surface area contributed by atoms with Crippen molar-refractivity contribution in [2.45, 2.75) is 24.8 Å². The van der Waals surface area contributed by atoms with Crippen LogP contribution >= 0.6 is 36.2 Å². The average Bonchev–Trinajstić information content (AvgIpc) is 2.87. The summed E-state index contributed by atoms with van der Waals surface area (Å²) < 4.78 is 25.7. The summed E-state index contributed by atoms with van der Waals surface area (Å²) in [6.07, 6.45) is 0.202. The zero-order valence-corrected chi connectivity index (χ0v) is 12.3. The summed E-state index contributed by atoms with van der Waals surface area (Å²) >= 11 is 1.49. The molecule has 0 spiro atoms. The van der Waals surface area contributed by atoms with E-state index in [2.05, 4.69) is 15.6 Å². The molecular weight excluding hydrogens is 319 g/mol. The lowest BCUT2D eigenvalue weighted by Gasteiger charge is -2.10. The lowest BCUT2D eigenvalue weighted by Crippen LogP contribution is -2.41. The Balaban J connectivity index is 0.00000162. The molecule has 1 unspecified atom stereocenters. The molecule has 110 valence electrons. The summed E-state index contributed by atoms with van der Waals surface area (Å²) in [5.74, 6) is -3.13. The quantitative estimate of drug-likeness (QED) is 0.880. The molecule has 0 bridgehead atoms. The zero-order chi connectivity index (χ0) is 12.3. The molecular formula is C10H15Cl2F2N3OS. The topological polar surface area (TPSA) is 54.0 Å². The number of hydrogen-bond donors (Lipinski definition) is 2. The van der Waals surface area contributed by atoms with E-state index in [1.165, 1.54) is 11.3 Å². The number of nitrogens with one attached hydrogen (secondary N) is 2. The van der Waals surface area contributed by atoms with Crippen LogP contribution in [0.1, 0.15) is 12.1 Å². The Morgan fingerprint density at radius 3 is 2.84 bits per heavy atom. The second-order valence-electron chi connectivity index (χ2n) is 4.01. The fourth-order valence-electron chi connectivity index (χ4n) is 1.70. The van der Waals surface area contributed by atoms with E-state index in [1.54, 1.807) is 5.51 Å². The maximum absolute atomic E-state index is 12.8. The van der Waals surface area contributed by atoms with Crippen LogP contribution in [0.3, 0.4) is 0 Å². The number of amides is 1. The second kappa shape index (κ2) is 7.94. The van der Waals surface area contributed by atoms with Gasteiger partial charge in [-0.15, -0.1) is 36.2 Å². The molecule has 1 amide bonds. The van der Waals surface area contributed by atoms with Gasteiger partial charge in [0.05, 0.1) is 23.8 Å². The summed E-state index contributed by atoms with van der Waals surface area (Å²) in [7, 11) is 0. The van der Waals surface area contributed by atoms with Crippen LogP contribution in [0.25, 0.3) is 0 Å². The van der Waals surface area contributed by atoms with E-state index < -0.39 is 24.9 Å². The van der Waals surface area contributed by atoms with E-state index in [4.69, 9.17) is 0 Å². The van der Waals surface area contributed by atoms with Crippen LogP contribution in [0.5, 0.6) is 0 Å². The molecule has 4 nitrogen and oxygen atoms in total. The molecule has 1 aliphatic rings. The first-order valence-corrected chi connectivity index (χ1v) is 6.27. The average molecular weight is 334 g/mol. The molecule has 19 heavy (non-hydrogen) atoms. The number of carbonyl (C=O) groups excluding carboxylic acids is 1. The first-order chi connectivity index (χ1) is 8.07. The molecule has 2 heterocycles. The van der Waals surface area contributed by atoms with Crippen LogP contribution in [0.4, 0.5) is 8.78 Å². The van der Waals surface area contributed by atoms with Crippen molar-refractivity contribution in [2.24, 2.45) is 0 Å². The summed E-state index contributed by atoms with van der Waals surface area (Å²) in [5.41, 5.74) is 2.62. The van der Waals surface area contributed by atoms with Crippen molar-refractivity contribution in [3.8, 4) is 0 Å². The van der Waals surface area contributed by atoms with Gasteiger partial charge >= 0.3 is 0 Å². The minimum Gasteiger partial charge on any atom is -0.354 e. The van der Waals surface area contributed by atoms with Gasteiger partial charge in [0, 0.05) is 24.8 Å². The highest BCUT2D eigenvalue weighted by Gasteiger charge is 2.42. The van der Waals surface area contributed by atoms with Crippen molar-refractivity contribution in [2.75, 3.05) is 13.1 Å². The first-order valence-electron chi connectivity index (χ1n) is 5.33. The molecule has 2 rings (SSSR count). The smallest absolute Gasteiger partial charge is 0.262 e. The molecule has 1 fully saturated rings. The van der Waals surface area contributed by atoms with E-state index in [0.717, 1.165) is 5.69 Å². The Bertz CT molecular complexity index is 392. The molecule has 1 aliphatic heterocycles. The Labute approximate surface area is 126 Å². The summed E-state index contributed by atoms with van der Waals surface area (Å²) in [6.45, 7) is 0.00346. The van der Waals surface area contributed by atoms with Crippen LogP contribution in [-0.2, 0) is 11.2 Å².